The average molecular weight is 223 g/mol. The summed E-state index contributed by atoms with van der Waals surface area (Å²) >= 11 is 2.23. The molecule has 2 unspecified atom stereocenters. The number of hydrogen-bond donors (Lipinski definition) is 0. The predicted octanol–water partition coefficient (Wildman–Crippen LogP) is 3.00. The Hall–Kier alpha value is -0.0800. The van der Waals surface area contributed by atoms with Crippen LogP contribution < -0.4 is 0 Å². The normalized spacial score (nSPS) is 35.9. The third kappa shape index (κ3) is 1.24. The van der Waals surface area contributed by atoms with Crippen molar-refractivity contribution in [2.45, 2.75) is 16.9 Å². The summed E-state index contributed by atoms with van der Waals surface area (Å²) in [5.74, 6) is 4.35. The van der Waals surface area contributed by atoms with Gasteiger partial charge in [-0.15, -0.1) is 0 Å². The molecule has 2 aliphatic rings. The molecule has 2 heterocycles. The quantitative estimate of drug-likeness (QED) is 0.660. The van der Waals surface area contributed by atoms with Gasteiger partial charge in [0, 0.05) is 28.6 Å². The van der Waals surface area contributed by atoms with Gasteiger partial charge in [-0.25, -0.2) is 0 Å². The maximum Gasteiger partial charge on any atom is 0.198 e. The topological polar surface area (TPSA) is 0 Å². The van der Waals surface area contributed by atoms with Gasteiger partial charge in [-0.05, 0) is 6.42 Å². The minimum Gasteiger partial charge on any atom is -0.0924 e. The van der Waals surface area contributed by atoms with E-state index in [0.717, 1.165) is 0 Å². The highest BCUT2D eigenvalue weighted by Crippen LogP contribution is 2.55. The van der Waals surface area contributed by atoms with Crippen molar-refractivity contribution in [2.24, 2.45) is 0 Å². The molecule has 0 aromatic heterocycles. The predicted molar refractivity (Wildman–Crippen MR) is 66.9 cm³/mol. The van der Waals surface area contributed by atoms with Crippen molar-refractivity contribution in [3.63, 3.8) is 0 Å². The molecule has 1 aromatic rings. The van der Waals surface area contributed by atoms with Crippen molar-refractivity contribution in [3.05, 3.63) is 35.9 Å². The fourth-order valence-electron chi connectivity index (χ4n) is 2.60. The first-order valence-corrected chi connectivity index (χ1v) is 7.84. The lowest BCUT2D eigenvalue weighted by Gasteiger charge is -2.20. The van der Waals surface area contributed by atoms with E-state index in [1.165, 1.54) is 30.1 Å². The van der Waals surface area contributed by atoms with Crippen LogP contribution in [0.15, 0.2) is 30.3 Å². The van der Waals surface area contributed by atoms with Gasteiger partial charge in [0.25, 0.3) is 0 Å². The molecule has 3 rings (SSSR count). The molecule has 2 aliphatic heterocycles. The smallest absolute Gasteiger partial charge is 0.0924 e. The van der Waals surface area contributed by atoms with E-state index >= 15 is 0 Å². The van der Waals surface area contributed by atoms with E-state index in [4.69, 9.17) is 0 Å². The van der Waals surface area contributed by atoms with Gasteiger partial charge in [-0.2, -0.15) is 0 Å². The van der Waals surface area contributed by atoms with Crippen LogP contribution in [0.2, 0.25) is 0 Å². The standard InChI is InChI=1S/C12H15S2/c1-2-5-11(6-3-1)12-7-4-9-14(12)10-8-13-12/h1-3,5-6H,4,7-10H2/q+1. The van der Waals surface area contributed by atoms with Gasteiger partial charge < -0.3 is 0 Å². The molecule has 0 nitrogen and oxygen atoms in total. The van der Waals surface area contributed by atoms with E-state index in [2.05, 4.69) is 42.1 Å². The number of thioether (sulfide) groups is 1. The van der Waals surface area contributed by atoms with Crippen LogP contribution in [-0.4, -0.2) is 17.3 Å². The van der Waals surface area contributed by atoms with E-state index in [1.807, 2.05) is 0 Å². The average Bonchev–Trinajstić information content (AvgIpc) is 2.77. The maximum atomic E-state index is 2.34. The second kappa shape index (κ2) is 3.49. The first-order chi connectivity index (χ1) is 6.92. The SMILES string of the molecule is c1ccc(C23CCC[S+]2CCS3)cc1. The van der Waals surface area contributed by atoms with Crippen molar-refractivity contribution in [1.29, 1.82) is 0 Å². The third-order valence-corrected chi connectivity index (χ3v) is 8.73. The summed E-state index contributed by atoms with van der Waals surface area (Å²) < 4.78 is 0.543. The van der Waals surface area contributed by atoms with Crippen LogP contribution in [-0.2, 0) is 15.0 Å². The number of hydrogen-bond acceptors (Lipinski definition) is 1. The maximum absolute atomic E-state index is 2.34. The molecule has 2 atom stereocenters. The van der Waals surface area contributed by atoms with Crippen LogP contribution in [0, 0.1) is 0 Å². The summed E-state index contributed by atoms with van der Waals surface area (Å²) in [7, 11) is 0.685. The summed E-state index contributed by atoms with van der Waals surface area (Å²) in [6.07, 6.45) is 2.87. The van der Waals surface area contributed by atoms with Gasteiger partial charge in [-0.3, -0.25) is 0 Å². The largest absolute Gasteiger partial charge is 0.198 e. The Morgan fingerprint density at radius 3 is 2.86 bits per heavy atom. The molecular weight excluding hydrogens is 208 g/mol. The molecular formula is C12H15S2+. The minimum atomic E-state index is 0.543. The zero-order valence-electron chi connectivity index (χ0n) is 8.24. The van der Waals surface area contributed by atoms with E-state index in [9.17, 15) is 0 Å². The van der Waals surface area contributed by atoms with Crippen molar-refractivity contribution < 1.29 is 0 Å². The molecule has 0 amide bonds. The zero-order valence-corrected chi connectivity index (χ0v) is 9.87. The molecule has 0 spiro atoms. The van der Waals surface area contributed by atoms with Crippen molar-refractivity contribution >= 4 is 22.7 Å². The third-order valence-electron chi connectivity index (χ3n) is 3.24. The fraction of sp³-hybridized carbons (Fsp3) is 0.500. The van der Waals surface area contributed by atoms with E-state index in [-0.39, 0.29) is 0 Å². The number of rotatable bonds is 1. The van der Waals surface area contributed by atoms with Crippen LogP contribution in [0.4, 0.5) is 0 Å². The molecule has 14 heavy (non-hydrogen) atoms. The molecule has 0 N–H and O–H groups in total. The number of fused-ring (bicyclic) bond motifs is 1. The van der Waals surface area contributed by atoms with Crippen molar-refractivity contribution in [1.82, 2.24) is 0 Å². The van der Waals surface area contributed by atoms with E-state index < -0.39 is 0 Å². The molecule has 0 aliphatic carbocycles. The van der Waals surface area contributed by atoms with Crippen LogP contribution in [0.1, 0.15) is 18.4 Å². The van der Waals surface area contributed by atoms with Crippen molar-refractivity contribution in [2.75, 3.05) is 17.3 Å². The summed E-state index contributed by atoms with van der Waals surface area (Å²) in [6.45, 7) is 0. The monoisotopic (exact) mass is 223 g/mol. The van der Waals surface area contributed by atoms with Gasteiger partial charge in [0.05, 0.1) is 0 Å². The highest BCUT2D eigenvalue weighted by Gasteiger charge is 2.56. The highest BCUT2D eigenvalue weighted by atomic mass is 32.2. The molecule has 2 saturated heterocycles. The first kappa shape index (κ1) is 9.17. The molecule has 0 radical (unpaired) electrons. The summed E-state index contributed by atoms with van der Waals surface area (Å²) in [5.41, 5.74) is 1.60. The van der Waals surface area contributed by atoms with E-state index in [0.29, 0.717) is 15.0 Å². The Morgan fingerprint density at radius 1 is 1.14 bits per heavy atom. The second-order valence-corrected chi connectivity index (χ2v) is 8.12. The fourth-order valence-corrected chi connectivity index (χ4v) is 8.34. The van der Waals surface area contributed by atoms with Gasteiger partial charge in [0.15, 0.2) is 4.08 Å². The molecule has 74 valence electrons. The Labute approximate surface area is 92.8 Å². The Bertz CT molecular complexity index is 310. The Balaban J connectivity index is 2.03. The molecule has 0 saturated carbocycles. The lowest BCUT2D eigenvalue weighted by molar-refractivity contribution is 0.783. The van der Waals surface area contributed by atoms with Crippen LogP contribution in [0.5, 0.6) is 0 Å². The summed E-state index contributed by atoms with van der Waals surface area (Å²) in [4.78, 5) is 0. The molecule has 0 bridgehead atoms. The lowest BCUT2D eigenvalue weighted by Crippen LogP contribution is -2.24. The van der Waals surface area contributed by atoms with Crippen LogP contribution in [0.3, 0.4) is 0 Å². The van der Waals surface area contributed by atoms with Gasteiger partial charge in [0.1, 0.15) is 11.5 Å². The van der Waals surface area contributed by atoms with Gasteiger partial charge in [0.2, 0.25) is 0 Å². The second-order valence-electron chi connectivity index (χ2n) is 3.97. The van der Waals surface area contributed by atoms with Gasteiger partial charge >= 0.3 is 0 Å². The first-order valence-electron chi connectivity index (χ1n) is 5.29. The molecule has 2 heteroatoms. The van der Waals surface area contributed by atoms with Gasteiger partial charge in [-0.1, -0.05) is 42.1 Å². The summed E-state index contributed by atoms with van der Waals surface area (Å²) in [6, 6.07) is 11.2. The van der Waals surface area contributed by atoms with E-state index in [1.54, 1.807) is 5.56 Å². The van der Waals surface area contributed by atoms with Crippen LogP contribution in [0.25, 0.3) is 0 Å². The van der Waals surface area contributed by atoms with Crippen molar-refractivity contribution in [3.8, 4) is 0 Å². The van der Waals surface area contributed by atoms with Crippen LogP contribution >= 0.6 is 11.8 Å². The summed E-state index contributed by atoms with van der Waals surface area (Å²) in [5, 5.41) is 0. The highest BCUT2D eigenvalue weighted by molar-refractivity contribution is 8.19. The molecule has 2 fully saturated rings. The Morgan fingerprint density at radius 2 is 2.00 bits per heavy atom. The number of benzene rings is 1. The minimum absolute atomic E-state index is 0.543. The molecule has 1 aromatic carbocycles. The Kier molecular flexibility index (Phi) is 2.29. The zero-order chi connectivity index (χ0) is 9.43. The lowest BCUT2D eigenvalue weighted by atomic mass is 10.1.